The van der Waals surface area contributed by atoms with Crippen LogP contribution in [-0.4, -0.2) is 0 Å². The molecule has 0 aliphatic carbocycles. The summed E-state index contributed by atoms with van der Waals surface area (Å²) in [5.41, 5.74) is 16.3. The van der Waals surface area contributed by atoms with Crippen molar-refractivity contribution in [2.75, 3.05) is 14.7 Å². The minimum absolute atomic E-state index is 0. The zero-order valence-electron chi connectivity index (χ0n) is 36.5. The smallest absolute Gasteiger partial charge is 0.0481 e. The van der Waals surface area contributed by atoms with E-state index in [1.165, 1.54) is 125 Å². The minimum Gasteiger partial charge on any atom is -0.344 e. The second-order valence-corrected chi connectivity index (χ2v) is 16.2. The van der Waals surface area contributed by atoms with Crippen molar-refractivity contribution in [3.05, 3.63) is 214 Å². The molecule has 0 unspecified atom stereocenters. The molecule has 6 aromatic carbocycles. The molecule has 0 atom stereocenters. The number of hydrogen-bond donors (Lipinski definition) is 0. The van der Waals surface area contributed by atoms with Crippen LogP contribution < -0.4 is 14.7 Å². The van der Waals surface area contributed by atoms with Gasteiger partial charge in [-0.25, -0.2) is 0 Å². The second-order valence-electron chi connectivity index (χ2n) is 16.2. The Labute approximate surface area is 380 Å². The third-order valence-corrected chi connectivity index (χ3v) is 11.8. The molecule has 4 heteroatoms. The zero-order valence-corrected chi connectivity index (χ0v) is 38.9. The van der Waals surface area contributed by atoms with Gasteiger partial charge in [0.25, 0.3) is 0 Å². The predicted molar refractivity (Wildman–Crippen MR) is 260 cm³/mol. The molecule has 0 aromatic heterocycles. The van der Waals surface area contributed by atoms with Crippen molar-refractivity contribution in [1.29, 1.82) is 0 Å². The van der Waals surface area contributed by atoms with Gasteiger partial charge in [-0.05, 0) is 143 Å². The first-order valence-electron chi connectivity index (χ1n) is 22.4. The van der Waals surface area contributed by atoms with Crippen molar-refractivity contribution < 1.29 is 20.1 Å². The largest absolute Gasteiger partial charge is 0.344 e. The molecule has 0 bridgehead atoms. The molecule has 3 aliphatic rings. The van der Waals surface area contributed by atoms with Crippen molar-refractivity contribution in [1.82, 2.24) is 0 Å². The number of hydrogen-bond acceptors (Lipinski definition) is 3. The third-order valence-electron chi connectivity index (χ3n) is 11.8. The van der Waals surface area contributed by atoms with E-state index in [1.54, 1.807) is 0 Å². The zero-order chi connectivity index (χ0) is 41.4. The van der Waals surface area contributed by atoms with Crippen LogP contribution in [0.5, 0.6) is 0 Å². The minimum atomic E-state index is 0. The van der Waals surface area contributed by atoms with Crippen molar-refractivity contribution in [2.45, 2.75) is 98.2 Å². The summed E-state index contributed by atoms with van der Waals surface area (Å²) in [4.78, 5) is 6.93. The van der Waals surface area contributed by atoms with Gasteiger partial charge in [0.15, 0.2) is 0 Å². The van der Waals surface area contributed by atoms with Gasteiger partial charge < -0.3 is 14.7 Å². The van der Waals surface area contributed by atoms with Gasteiger partial charge in [0.2, 0.25) is 0 Å². The van der Waals surface area contributed by atoms with E-state index in [2.05, 4.69) is 218 Å². The molecular formula is C57H63IrN3. The van der Waals surface area contributed by atoms with Crippen LogP contribution >= 0.6 is 0 Å². The number of unbranched alkanes of at least 4 members (excludes halogenated alkanes) is 3. The van der Waals surface area contributed by atoms with Gasteiger partial charge in [-0.1, -0.05) is 149 Å². The van der Waals surface area contributed by atoms with Crippen LogP contribution in [0.2, 0.25) is 0 Å². The van der Waals surface area contributed by atoms with Gasteiger partial charge in [0.05, 0.1) is 0 Å². The molecule has 0 spiro atoms. The number of rotatable bonds is 12. The molecule has 0 N–H and O–H groups in total. The van der Waals surface area contributed by atoms with Crippen molar-refractivity contribution in [3.8, 4) is 0 Å². The summed E-state index contributed by atoms with van der Waals surface area (Å²) < 4.78 is 0. The van der Waals surface area contributed by atoms with Gasteiger partial charge in [0, 0.05) is 75.4 Å². The quantitative estimate of drug-likeness (QED) is 0.121. The topological polar surface area (TPSA) is 9.72 Å². The fourth-order valence-electron chi connectivity index (χ4n) is 7.98. The first-order chi connectivity index (χ1) is 29.6. The predicted octanol–water partition coefficient (Wildman–Crippen LogP) is 15.1. The summed E-state index contributed by atoms with van der Waals surface area (Å²) in [6.07, 6.45) is 24.3. The maximum atomic E-state index is 2.31. The molecule has 0 saturated carbocycles. The fourth-order valence-corrected chi connectivity index (χ4v) is 7.98. The SMILES string of the molecule is CCCCc1ccc(N2C=Cc3ccccc3C2)cc1.CCCCc1ccc(N2C=Cc3ccccc3C2)cc1.CCCCc1ccc(N2C=Cc3ccccc3C2)cc1.[Ir]. The molecule has 3 nitrogen and oxygen atoms in total. The Hall–Kier alpha value is -5.41. The van der Waals surface area contributed by atoms with Crippen LogP contribution in [0.15, 0.2) is 164 Å². The van der Waals surface area contributed by atoms with Crippen molar-refractivity contribution in [3.63, 3.8) is 0 Å². The normalized spacial score (nSPS) is 13.1. The van der Waals surface area contributed by atoms with Crippen LogP contribution in [0.4, 0.5) is 17.1 Å². The van der Waals surface area contributed by atoms with E-state index >= 15 is 0 Å². The second kappa shape index (κ2) is 23.6. The fraction of sp³-hybridized carbons (Fsp3) is 0.263. The standard InChI is InChI=1S/3C19H21N.Ir/c3*1-2-3-6-16-9-11-19(12-10-16)20-14-13-17-7-4-5-8-18(17)15-20;/h3*4-5,7-14H,2-3,6,15H2,1H3;. The summed E-state index contributed by atoms with van der Waals surface area (Å²) >= 11 is 0. The van der Waals surface area contributed by atoms with E-state index in [1.807, 2.05) is 0 Å². The van der Waals surface area contributed by atoms with Gasteiger partial charge in [-0.3, -0.25) is 0 Å². The maximum Gasteiger partial charge on any atom is 0.0481 e. The van der Waals surface area contributed by atoms with Crippen LogP contribution in [0.1, 0.15) is 109 Å². The summed E-state index contributed by atoms with van der Waals surface area (Å²) in [6, 6.07) is 52.8. The summed E-state index contributed by atoms with van der Waals surface area (Å²) in [5.74, 6) is 0. The van der Waals surface area contributed by atoms with Gasteiger partial charge in [0.1, 0.15) is 0 Å². The maximum absolute atomic E-state index is 2.31. The summed E-state index contributed by atoms with van der Waals surface area (Å²) in [7, 11) is 0. The Bertz CT molecular complexity index is 2060. The Morgan fingerprint density at radius 1 is 0.344 bits per heavy atom. The Balaban J connectivity index is 0.000000152. The van der Waals surface area contributed by atoms with Crippen LogP contribution in [0.25, 0.3) is 18.2 Å². The molecule has 6 aromatic rings. The van der Waals surface area contributed by atoms with Crippen LogP contribution in [0, 0.1) is 0 Å². The van der Waals surface area contributed by atoms with Gasteiger partial charge in [-0.2, -0.15) is 0 Å². The first-order valence-corrected chi connectivity index (χ1v) is 22.4. The molecule has 9 rings (SSSR count). The summed E-state index contributed by atoms with van der Waals surface area (Å²) in [6.45, 7) is 9.60. The molecule has 0 fully saturated rings. The van der Waals surface area contributed by atoms with E-state index in [-0.39, 0.29) is 20.1 Å². The van der Waals surface area contributed by atoms with Gasteiger partial charge in [-0.15, -0.1) is 0 Å². The molecule has 61 heavy (non-hydrogen) atoms. The molecule has 0 saturated heterocycles. The van der Waals surface area contributed by atoms with Crippen molar-refractivity contribution in [2.24, 2.45) is 0 Å². The third kappa shape index (κ3) is 12.8. The van der Waals surface area contributed by atoms with Crippen molar-refractivity contribution >= 4 is 35.3 Å². The van der Waals surface area contributed by atoms with E-state index in [0.717, 1.165) is 19.6 Å². The summed E-state index contributed by atoms with van der Waals surface area (Å²) in [5, 5.41) is 0. The van der Waals surface area contributed by atoms with E-state index in [0.29, 0.717) is 0 Å². The molecular weight excluding hydrogens is 919 g/mol. The monoisotopic (exact) mass is 982 g/mol. The average Bonchev–Trinajstić information content (AvgIpc) is 3.32. The molecule has 3 aliphatic heterocycles. The van der Waals surface area contributed by atoms with Gasteiger partial charge >= 0.3 is 0 Å². The van der Waals surface area contributed by atoms with E-state index in [9.17, 15) is 0 Å². The molecule has 1 radical (unpaired) electrons. The Kier molecular flexibility index (Phi) is 17.4. The number of anilines is 3. The number of benzene rings is 6. The molecule has 315 valence electrons. The van der Waals surface area contributed by atoms with E-state index < -0.39 is 0 Å². The molecule has 0 amide bonds. The Morgan fingerprint density at radius 2 is 0.607 bits per heavy atom. The average molecular weight is 982 g/mol. The number of nitrogens with zero attached hydrogens (tertiary/aromatic N) is 3. The first kappa shape index (κ1) is 45.1. The number of fused-ring (bicyclic) bond motifs is 3. The Morgan fingerprint density at radius 3 is 0.869 bits per heavy atom. The van der Waals surface area contributed by atoms with Crippen LogP contribution in [-0.2, 0) is 59.0 Å². The molecule has 3 heterocycles. The van der Waals surface area contributed by atoms with E-state index in [4.69, 9.17) is 0 Å². The van der Waals surface area contributed by atoms with Crippen LogP contribution in [0.3, 0.4) is 0 Å². The number of aryl methyl sites for hydroxylation is 3.